The minimum atomic E-state index is 0.174. The average molecular weight is 138 g/mol. The van der Waals surface area contributed by atoms with Crippen molar-refractivity contribution in [3.05, 3.63) is 23.5 Å². The van der Waals surface area contributed by atoms with Crippen molar-refractivity contribution in [2.45, 2.75) is 13.5 Å². The van der Waals surface area contributed by atoms with E-state index in [1.807, 2.05) is 6.92 Å². The third-order valence-corrected chi connectivity index (χ3v) is 1.28. The Morgan fingerprint density at radius 3 is 2.80 bits per heavy atom. The number of aryl methyl sites for hydroxylation is 1. The van der Waals surface area contributed by atoms with Crippen molar-refractivity contribution in [1.29, 1.82) is 0 Å². The number of hydrogen-bond donors (Lipinski definition) is 2. The maximum atomic E-state index is 9.09. The van der Waals surface area contributed by atoms with Gasteiger partial charge < -0.3 is 10.8 Å². The molecular formula is C7H10N2O. The van der Waals surface area contributed by atoms with E-state index in [9.17, 15) is 0 Å². The first kappa shape index (κ1) is 7.02. The Balaban J connectivity index is 3.09. The smallest absolute Gasteiger partial charge is 0.138 e. The highest BCUT2D eigenvalue weighted by molar-refractivity contribution is 5.27. The molecule has 0 aliphatic rings. The van der Waals surface area contributed by atoms with E-state index >= 15 is 0 Å². The second-order valence-electron chi connectivity index (χ2n) is 2.12. The standard InChI is InChI=1S/C7H10N2O/c1-5-2-3-7(10)6(4-8)9-5/h2-3,10H,4,8H2,1H3. The topological polar surface area (TPSA) is 59.1 Å². The van der Waals surface area contributed by atoms with Crippen molar-refractivity contribution >= 4 is 0 Å². The van der Waals surface area contributed by atoms with Crippen LogP contribution in [0.4, 0.5) is 0 Å². The van der Waals surface area contributed by atoms with Gasteiger partial charge in [-0.1, -0.05) is 0 Å². The molecule has 0 aromatic carbocycles. The van der Waals surface area contributed by atoms with E-state index in [1.165, 1.54) is 0 Å². The van der Waals surface area contributed by atoms with Gasteiger partial charge in [0.15, 0.2) is 0 Å². The number of nitrogens with zero attached hydrogens (tertiary/aromatic N) is 1. The maximum Gasteiger partial charge on any atom is 0.138 e. The van der Waals surface area contributed by atoms with E-state index in [1.54, 1.807) is 12.1 Å². The lowest BCUT2D eigenvalue weighted by Crippen LogP contribution is -2.00. The van der Waals surface area contributed by atoms with Gasteiger partial charge in [0.1, 0.15) is 5.75 Å². The molecule has 0 bridgehead atoms. The van der Waals surface area contributed by atoms with Crippen molar-refractivity contribution in [3.63, 3.8) is 0 Å². The van der Waals surface area contributed by atoms with Gasteiger partial charge in [0.2, 0.25) is 0 Å². The normalized spacial score (nSPS) is 9.80. The molecule has 54 valence electrons. The molecule has 0 fully saturated rings. The van der Waals surface area contributed by atoms with E-state index in [0.29, 0.717) is 5.69 Å². The number of nitrogens with two attached hydrogens (primary N) is 1. The van der Waals surface area contributed by atoms with Gasteiger partial charge in [-0.3, -0.25) is 4.98 Å². The molecule has 0 aliphatic heterocycles. The summed E-state index contributed by atoms with van der Waals surface area (Å²) in [6, 6.07) is 3.35. The summed E-state index contributed by atoms with van der Waals surface area (Å²) in [5.41, 5.74) is 6.73. The SMILES string of the molecule is Cc1ccc(O)c(CN)n1. The molecular weight excluding hydrogens is 128 g/mol. The summed E-state index contributed by atoms with van der Waals surface area (Å²) in [7, 11) is 0. The first-order valence-electron chi connectivity index (χ1n) is 3.09. The summed E-state index contributed by atoms with van der Waals surface area (Å²) < 4.78 is 0. The molecule has 0 spiro atoms. The van der Waals surface area contributed by atoms with Gasteiger partial charge in [0, 0.05) is 12.2 Å². The van der Waals surface area contributed by atoms with Crippen LogP contribution < -0.4 is 5.73 Å². The van der Waals surface area contributed by atoms with Crippen molar-refractivity contribution < 1.29 is 5.11 Å². The third-order valence-electron chi connectivity index (χ3n) is 1.28. The molecule has 1 aromatic rings. The van der Waals surface area contributed by atoms with Gasteiger partial charge in [-0.15, -0.1) is 0 Å². The molecule has 10 heavy (non-hydrogen) atoms. The van der Waals surface area contributed by atoms with Gasteiger partial charge in [-0.2, -0.15) is 0 Å². The second-order valence-corrected chi connectivity index (χ2v) is 2.12. The molecule has 1 heterocycles. The van der Waals surface area contributed by atoms with Gasteiger partial charge >= 0.3 is 0 Å². The molecule has 0 radical (unpaired) electrons. The number of hydrogen-bond acceptors (Lipinski definition) is 3. The van der Waals surface area contributed by atoms with Crippen LogP contribution in [0.25, 0.3) is 0 Å². The number of aromatic hydroxyl groups is 1. The van der Waals surface area contributed by atoms with E-state index in [-0.39, 0.29) is 12.3 Å². The Morgan fingerprint density at radius 2 is 2.30 bits per heavy atom. The summed E-state index contributed by atoms with van der Waals surface area (Å²) in [5.74, 6) is 0.174. The fraction of sp³-hybridized carbons (Fsp3) is 0.286. The molecule has 0 saturated carbocycles. The fourth-order valence-electron chi connectivity index (χ4n) is 0.753. The Labute approximate surface area is 59.5 Å². The molecule has 1 aromatic heterocycles. The summed E-state index contributed by atoms with van der Waals surface area (Å²) in [4.78, 5) is 4.02. The Hall–Kier alpha value is -1.09. The van der Waals surface area contributed by atoms with Crippen LogP contribution in [-0.2, 0) is 6.54 Å². The first-order valence-corrected chi connectivity index (χ1v) is 3.09. The summed E-state index contributed by atoms with van der Waals surface area (Å²) in [5, 5.41) is 9.09. The summed E-state index contributed by atoms with van der Waals surface area (Å²) >= 11 is 0. The van der Waals surface area contributed by atoms with Crippen LogP contribution >= 0.6 is 0 Å². The van der Waals surface area contributed by atoms with Crippen LogP contribution in [-0.4, -0.2) is 10.1 Å². The van der Waals surface area contributed by atoms with E-state index in [2.05, 4.69) is 4.98 Å². The number of pyridine rings is 1. The molecule has 3 heteroatoms. The maximum absolute atomic E-state index is 9.09. The quantitative estimate of drug-likeness (QED) is 0.596. The molecule has 3 N–H and O–H groups in total. The fourth-order valence-corrected chi connectivity index (χ4v) is 0.753. The second kappa shape index (κ2) is 2.66. The van der Waals surface area contributed by atoms with Gasteiger partial charge in [0.05, 0.1) is 5.69 Å². The molecule has 0 unspecified atom stereocenters. The predicted molar refractivity (Wildman–Crippen MR) is 38.5 cm³/mol. The minimum Gasteiger partial charge on any atom is -0.506 e. The highest BCUT2D eigenvalue weighted by atomic mass is 16.3. The van der Waals surface area contributed by atoms with E-state index in [4.69, 9.17) is 10.8 Å². The summed E-state index contributed by atoms with van der Waals surface area (Å²) in [6.07, 6.45) is 0. The highest BCUT2D eigenvalue weighted by Gasteiger charge is 1.98. The van der Waals surface area contributed by atoms with Gasteiger partial charge in [-0.25, -0.2) is 0 Å². The number of rotatable bonds is 1. The zero-order valence-electron chi connectivity index (χ0n) is 5.83. The van der Waals surface area contributed by atoms with Crippen LogP contribution in [0.5, 0.6) is 5.75 Å². The lowest BCUT2D eigenvalue weighted by Gasteiger charge is -1.99. The average Bonchev–Trinajstić information content (AvgIpc) is 1.94. The molecule has 0 aliphatic carbocycles. The third kappa shape index (κ3) is 1.25. The van der Waals surface area contributed by atoms with Crippen LogP contribution in [0, 0.1) is 6.92 Å². The molecule has 3 nitrogen and oxygen atoms in total. The lowest BCUT2D eigenvalue weighted by molar-refractivity contribution is 0.464. The molecule has 0 amide bonds. The van der Waals surface area contributed by atoms with Crippen LogP contribution in [0.15, 0.2) is 12.1 Å². The first-order chi connectivity index (χ1) is 4.74. The summed E-state index contributed by atoms with van der Waals surface area (Å²) in [6.45, 7) is 2.14. The molecule has 0 atom stereocenters. The Morgan fingerprint density at radius 1 is 1.60 bits per heavy atom. The zero-order valence-corrected chi connectivity index (χ0v) is 5.83. The van der Waals surface area contributed by atoms with Crippen molar-refractivity contribution in [2.24, 2.45) is 5.73 Å². The molecule has 0 saturated heterocycles. The van der Waals surface area contributed by atoms with Gasteiger partial charge in [0.25, 0.3) is 0 Å². The minimum absolute atomic E-state index is 0.174. The largest absolute Gasteiger partial charge is 0.506 e. The monoisotopic (exact) mass is 138 g/mol. The van der Waals surface area contributed by atoms with E-state index < -0.39 is 0 Å². The Kier molecular flexibility index (Phi) is 1.87. The highest BCUT2D eigenvalue weighted by Crippen LogP contribution is 2.12. The Bertz CT molecular complexity index is 235. The van der Waals surface area contributed by atoms with Crippen LogP contribution in [0.3, 0.4) is 0 Å². The lowest BCUT2D eigenvalue weighted by atomic mass is 10.3. The van der Waals surface area contributed by atoms with E-state index in [0.717, 1.165) is 5.69 Å². The van der Waals surface area contributed by atoms with Crippen molar-refractivity contribution in [3.8, 4) is 5.75 Å². The molecule has 1 rings (SSSR count). The van der Waals surface area contributed by atoms with Crippen molar-refractivity contribution in [1.82, 2.24) is 4.98 Å². The van der Waals surface area contributed by atoms with Crippen LogP contribution in [0.2, 0.25) is 0 Å². The zero-order chi connectivity index (χ0) is 7.56. The predicted octanol–water partition coefficient (Wildman–Crippen LogP) is 0.554. The van der Waals surface area contributed by atoms with Gasteiger partial charge in [-0.05, 0) is 19.1 Å². The number of aromatic nitrogens is 1. The van der Waals surface area contributed by atoms with Crippen molar-refractivity contribution in [2.75, 3.05) is 0 Å². The van der Waals surface area contributed by atoms with Crippen LogP contribution in [0.1, 0.15) is 11.4 Å².